The van der Waals surface area contributed by atoms with Crippen LogP contribution in [-0.4, -0.2) is 68.3 Å². The van der Waals surface area contributed by atoms with Gasteiger partial charge in [-0.2, -0.15) is 4.52 Å². The van der Waals surface area contributed by atoms with Gasteiger partial charge < -0.3 is 15.1 Å². The molecule has 2 aliphatic rings. The molecule has 0 aliphatic carbocycles. The number of halogens is 2. The van der Waals surface area contributed by atoms with E-state index in [1.807, 2.05) is 41.3 Å². The molecule has 1 amide bonds. The van der Waals surface area contributed by atoms with Gasteiger partial charge in [0.25, 0.3) is 0 Å². The van der Waals surface area contributed by atoms with Crippen LogP contribution in [0.1, 0.15) is 36.1 Å². The van der Waals surface area contributed by atoms with E-state index in [1.54, 1.807) is 17.0 Å². The normalized spacial score (nSPS) is 22.4. The molecular weight excluding hydrogens is 523 g/mol. The number of benzene rings is 1. The molecule has 9 nitrogen and oxygen atoms in total. The maximum Gasteiger partial charge on any atom is 0.228 e. The van der Waals surface area contributed by atoms with Crippen molar-refractivity contribution in [2.75, 3.05) is 37.6 Å². The standard InChI is InChI=1S/C27H28Cl2N8O/c28-19-5-3-18(4-6-19)23-2-1-12-35(13-11-30-23)27(38)22-16-36(15-21(22)24-8-7-20(29)14-31-24)26-10-9-25-33-32-17-37(25)34-26/h3-10,14,17,21-23,30H,1-2,11-13,15-16H2. The van der Waals surface area contributed by atoms with Crippen molar-refractivity contribution in [1.29, 1.82) is 0 Å². The zero-order valence-corrected chi connectivity index (χ0v) is 22.3. The van der Waals surface area contributed by atoms with Crippen LogP contribution in [0.4, 0.5) is 5.82 Å². The van der Waals surface area contributed by atoms with Crippen LogP contribution in [0.2, 0.25) is 10.0 Å². The highest BCUT2D eigenvalue weighted by Crippen LogP contribution is 2.36. The molecule has 196 valence electrons. The Hall–Kier alpha value is -3.27. The highest BCUT2D eigenvalue weighted by molar-refractivity contribution is 6.30. The van der Waals surface area contributed by atoms with E-state index in [4.69, 9.17) is 23.2 Å². The highest BCUT2D eigenvalue weighted by Gasteiger charge is 2.42. The molecule has 3 unspecified atom stereocenters. The predicted molar refractivity (Wildman–Crippen MR) is 146 cm³/mol. The van der Waals surface area contributed by atoms with Gasteiger partial charge in [-0.1, -0.05) is 35.3 Å². The lowest BCUT2D eigenvalue weighted by Crippen LogP contribution is -2.45. The molecule has 5 heterocycles. The molecule has 4 aromatic rings. The number of anilines is 1. The summed E-state index contributed by atoms with van der Waals surface area (Å²) in [6.45, 7) is 3.31. The summed E-state index contributed by atoms with van der Waals surface area (Å²) in [5.41, 5.74) is 2.78. The zero-order chi connectivity index (χ0) is 26.1. The molecule has 3 aromatic heterocycles. The summed E-state index contributed by atoms with van der Waals surface area (Å²) in [5.74, 6) is 0.630. The molecule has 11 heteroatoms. The van der Waals surface area contributed by atoms with Crippen LogP contribution in [0, 0.1) is 5.92 Å². The number of hydrogen-bond donors (Lipinski definition) is 1. The molecule has 38 heavy (non-hydrogen) atoms. The first-order valence-corrected chi connectivity index (χ1v) is 13.6. The number of hydrogen-bond acceptors (Lipinski definition) is 7. The monoisotopic (exact) mass is 550 g/mol. The number of fused-ring (bicyclic) bond motifs is 1. The summed E-state index contributed by atoms with van der Waals surface area (Å²) in [5, 5.41) is 17.6. The second-order valence-electron chi connectivity index (χ2n) is 9.87. The lowest BCUT2D eigenvalue weighted by Gasteiger charge is -2.32. The lowest BCUT2D eigenvalue weighted by molar-refractivity contribution is -0.135. The summed E-state index contributed by atoms with van der Waals surface area (Å²) < 4.78 is 1.65. The third kappa shape index (κ3) is 5.18. The Balaban J connectivity index is 1.20. The maximum absolute atomic E-state index is 14.0. The fraction of sp³-hybridized carbons (Fsp3) is 0.370. The highest BCUT2D eigenvalue weighted by atomic mass is 35.5. The fourth-order valence-corrected chi connectivity index (χ4v) is 5.78. The molecule has 3 atom stereocenters. The van der Waals surface area contributed by atoms with Gasteiger partial charge >= 0.3 is 0 Å². The number of rotatable bonds is 4. The molecule has 2 saturated heterocycles. The minimum Gasteiger partial charge on any atom is -0.354 e. The van der Waals surface area contributed by atoms with E-state index in [-0.39, 0.29) is 23.8 Å². The molecule has 6 rings (SSSR count). The van der Waals surface area contributed by atoms with Crippen LogP contribution in [0.15, 0.2) is 61.1 Å². The van der Waals surface area contributed by atoms with Gasteiger partial charge in [0, 0.05) is 61.6 Å². The van der Waals surface area contributed by atoms with Crippen molar-refractivity contribution in [3.63, 3.8) is 0 Å². The Morgan fingerprint density at radius 1 is 0.974 bits per heavy atom. The number of carbonyl (C=O) groups excluding carboxylic acids is 1. The third-order valence-electron chi connectivity index (χ3n) is 7.52. The van der Waals surface area contributed by atoms with E-state index in [2.05, 4.69) is 42.6 Å². The second kappa shape index (κ2) is 10.8. The summed E-state index contributed by atoms with van der Waals surface area (Å²) in [6.07, 6.45) is 5.10. The summed E-state index contributed by atoms with van der Waals surface area (Å²) >= 11 is 12.2. The Morgan fingerprint density at radius 2 is 1.82 bits per heavy atom. The Bertz CT molecular complexity index is 1400. The largest absolute Gasteiger partial charge is 0.354 e. The van der Waals surface area contributed by atoms with Crippen molar-refractivity contribution in [2.45, 2.75) is 24.8 Å². The SMILES string of the molecule is O=C(C1CN(c2ccc3nncn3n2)CC1c1ccc(Cl)cn1)N1CCCC(c2ccc(Cl)cc2)NCC1. The van der Waals surface area contributed by atoms with E-state index >= 15 is 0 Å². The van der Waals surface area contributed by atoms with E-state index < -0.39 is 0 Å². The van der Waals surface area contributed by atoms with Crippen molar-refractivity contribution >= 4 is 40.6 Å². The van der Waals surface area contributed by atoms with Crippen molar-refractivity contribution in [3.05, 3.63) is 82.4 Å². The molecular formula is C27H28Cl2N8O. The quantitative estimate of drug-likeness (QED) is 0.410. The molecule has 1 N–H and O–H groups in total. The van der Waals surface area contributed by atoms with E-state index in [1.165, 1.54) is 5.56 Å². The Morgan fingerprint density at radius 3 is 2.63 bits per heavy atom. The van der Waals surface area contributed by atoms with Crippen LogP contribution in [-0.2, 0) is 4.79 Å². The van der Waals surface area contributed by atoms with E-state index in [0.717, 1.165) is 42.5 Å². The smallest absolute Gasteiger partial charge is 0.228 e. The van der Waals surface area contributed by atoms with Gasteiger partial charge in [-0.25, -0.2) is 0 Å². The molecule has 0 spiro atoms. The number of aromatic nitrogens is 5. The first-order chi connectivity index (χ1) is 18.5. The zero-order valence-electron chi connectivity index (χ0n) is 20.7. The predicted octanol–water partition coefficient (Wildman–Crippen LogP) is 4.00. The molecule has 0 saturated carbocycles. The second-order valence-corrected chi connectivity index (χ2v) is 10.7. The molecule has 0 bridgehead atoms. The van der Waals surface area contributed by atoms with Gasteiger partial charge in [0.1, 0.15) is 12.1 Å². The maximum atomic E-state index is 14.0. The fourth-order valence-electron chi connectivity index (χ4n) is 5.54. The summed E-state index contributed by atoms with van der Waals surface area (Å²) in [7, 11) is 0. The average molecular weight is 551 g/mol. The van der Waals surface area contributed by atoms with Gasteiger partial charge in [0.15, 0.2) is 5.65 Å². The van der Waals surface area contributed by atoms with Gasteiger partial charge in [-0.05, 0) is 54.8 Å². The van der Waals surface area contributed by atoms with Crippen LogP contribution < -0.4 is 10.2 Å². The van der Waals surface area contributed by atoms with Gasteiger partial charge in [-0.3, -0.25) is 9.78 Å². The first kappa shape index (κ1) is 25.0. The number of pyridine rings is 1. The first-order valence-electron chi connectivity index (χ1n) is 12.9. The average Bonchev–Trinajstić information content (AvgIpc) is 3.57. The van der Waals surface area contributed by atoms with Crippen molar-refractivity contribution in [1.82, 2.24) is 35.0 Å². The van der Waals surface area contributed by atoms with Crippen molar-refractivity contribution in [3.8, 4) is 0 Å². The van der Waals surface area contributed by atoms with Gasteiger partial charge in [0.05, 0.1) is 10.9 Å². The molecule has 1 aromatic carbocycles. The lowest BCUT2D eigenvalue weighted by atomic mass is 9.90. The Labute approximate surface area is 230 Å². The van der Waals surface area contributed by atoms with Gasteiger partial charge in [0.2, 0.25) is 5.91 Å². The minimum atomic E-state index is -0.242. The van der Waals surface area contributed by atoms with Gasteiger partial charge in [-0.15, -0.1) is 15.3 Å². The van der Waals surface area contributed by atoms with Crippen molar-refractivity contribution < 1.29 is 4.79 Å². The summed E-state index contributed by atoms with van der Waals surface area (Å²) in [6, 6.07) is 15.9. The summed E-state index contributed by atoms with van der Waals surface area (Å²) in [4.78, 5) is 22.8. The van der Waals surface area contributed by atoms with E-state index in [0.29, 0.717) is 30.3 Å². The van der Waals surface area contributed by atoms with E-state index in [9.17, 15) is 4.79 Å². The van der Waals surface area contributed by atoms with Crippen LogP contribution in [0.5, 0.6) is 0 Å². The third-order valence-corrected chi connectivity index (χ3v) is 7.99. The molecule has 2 aliphatic heterocycles. The number of nitrogens with one attached hydrogen (secondary N) is 1. The molecule has 0 radical (unpaired) electrons. The van der Waals surface area contributed by atoms with Crippen LogP contribution in [0.3, 0.4) is 0 Å². The Kier molecular flexibility index (Phi) is 7.14. The minimum absolute atomic E-state index is 0.0709. The number of nitrogens with zero attached hydrogens (tertiary/aromatic N) is 7. The number of carbonyl (C=O) groups is 1. The van der Waals surface area contributed by atoms with Crippen LogP contribution in [0.25, 0.3) is 5.65 Å². The molecule has 2 fully saturated rings. The van der Waals surface area contributed by atoms with Crippen molar-refractivity contribution in [2.24, 2.45) is 5.92 Å². The topological polar surface area (TPSA) is 91.5 Å². The number of amides is 1. The van der Waals surface area contributed by atoms with Crippen LogP contribution >= 0.6 is 23.2 Å².